The number of carbonyl (C=O) groups is 1. The highest BCUT2D eigenvalue weighted by Crippen LogP contribution is 2.37. The Kier molecular flexibility index (Phi) is 8.63. The smallest absolute Gasteiger partial charge is 0.381 e. The Morgan fingerprint density at radius 3 is 2.17 bits per heavy atom. The number of carbonyl (C=O) groups excluding carboxylic acids is 1. The molecule has 0 atom stereocenters. The van der Waals surface area contributed by atoms with Crippen molar-refractivity contribution in [1.82, 2.24) is 14.5 Å². The topological polar surface area (TPSA) is 79.0 Å². The summed E-state index contributed by atoms with van der Waals surface area (Å²) < 4.78 is 111. The molecule has 0 saturated carbocycles. The summed E-state index contributed by atoms with van der Waals surface area (Å²) in [4.78, 5) is 14.8. The third kappa shape index (κ3) is 6.50. The maximum atomic E-state index is 13.5. The molecule has 2 aliphatic rings. The first-order chi connectivity index (χ1) is 16.7. The van der Waals surface area contributed by atoms with Gasteiger partial charge in [0.05, 0.1) is 22.4 Å². The molecule has 1 N–H and O–H groups in total. The van der Waals surface area contributed by atoms with E-state index in [1.165, 1.54) is 4.31 Å². The minimum absolute atomic E-state index is 0.0384. The second-order valence-corrected chi connectivity index (χ2v) is 11.1. The largest absolute Gasteiger partial charge is 0.417 e. The number of hydrogen-bond acceptors (Lipinski definition) is 5. The zero-order valence-electron chi connectivity index (χ0n) is 19.7. The van der Waals surface area contributed by atoms with Gasteiger partial charge >= 0.3 is 12.4 Å². The van der Waals surface area contributed by atoms with Gasteiger partial charge in [-0.2, -0.15) is 30.6 Å². The van der Waals surface area contributed by atoms with Crippen molar-refractivity contribution in [2.75, 3.05) is 51.7 Å². The fourth-order valence-electron chi connectivity index (χ4n) is 4.68. The molecule has 2 aliphatic heterocycles. The van der Waals surface area contributed by atoms with Crippen molar-refractivity contribution in [3.05, 3.63) is 34.9 Å². The van der Waals surface area contributed by atoms with Gasteiger partial charge in [0.1, 0.15) is 0 Å². The highest BCUT2D eigenvalue weighted by atomic mass is 32.2. The van der Waals surface area contributed by atoms with Crippen LogP contribution in [-0.4, -0.2) is 80.8 Å². The predicted octanol–water partition coefficient (Wildman–Crippen LogP) is 3.36. The molecule has 1 aromatic carbocycles. The number of nitrogens with one attached hydrogen (secondary N) is 1. The Balaban J connectivity index is 1.77. The van der Waals surface area contributed by atoms with Crippen molar-refractivity contribution >= 4 is 15.9 Å². The highest BCUT2D eigenvalue weighted by Gasteiger charge is 2.43. The van der Waals surface area contributed by atoms with Gasteiger partial charge in [0.2, 0.25) is 10.0 Å². The van der Waals surface area contributed by atoms with Crippen LogP contribution in [0, 0.1) is 0 Å². The lowest BCUT2D eigenvalue weighted by molar-refractivity contribution is -0.143. The van der Waals surface area contributed by atoms with Gasteiger partial charge in [-0.25, -0.2) is 8.42 Å². The number of halogens is 6. The quantitative estimate of drug-likeness (QED) is 0.532. The van der Waals surface area contributed by atoms with E-state index >= 15 is 0 Å². The van der Waals surface area contributed by atoms with Crippen molar-refractivity contribution in [1.29, 1.82) is 0 Å². The minimum atomic E-state index is -5.16. The van der Waals surface area contributed by atoms with Crippen LogP contribution >= 0.6 is 0 Å². The molecule has 14 heteroatoms. The minimum Gasteiger partial charge on any atom is -0.381 e. The Morgan fingerprint density at radius 1 is 1.03 bits per heavy atom. The summed E-state index contributed by atoms with van der Waals surface area (Å²) in [6.45, 7) is 3.63. The molecule has 2 heterocycles. The van der Waals surface area contributed by atoms with Crippen molar-refractivity contribution in [3.8, 4) is 0 Å². The second-order valence-electron chi connectivity index (χ2n) is 8.98. The predicted molar refractivity (Wildman–Crippen MR) is 119 cm³/mol. The van der Waals surface area contributed by atoms with Gasteiger partial charge in [0.15, 0.2) is 0 Å². The van der Waals surface area contributed by atoms with E-state index in [2.05, 4.69) is 5.32 Å². The fourth-order valence-corrected chi connectivity index (χ4v) is 6.17. The van der Waals surface area contributed by atoms with Crippen LogP contribution in [0.25, 0.3) is 0 Å². The summed E-state index contributed by atoms with van der Waals surface area (Å²) >= 11 is 0. The number of nitrogens with zero attached hydrogens (tertiary/aromatic N) is 2. The van der Waals surface area contributed by atoms with Crippen LogP contribution in [0.2, 0.25) is 0 Å². The van der Waals surface area contributed by atoms with Crippen molar-refractivity contribution in [2.45, 2.75) is 44.1 Å². The number of amides is 1. The summed E-state index contributed by atoms with van der Waals surface area (Å²) in [6.07, 6.45) is -8.76. The lowest BCUT2D eigenvalue weighted by Gasteiger charge is -2.49. The van der Waals surface area contributed by atoms with Crippen molar-refractivity contribution in [3.63, 3.8) is 0 Å². The normalized spacial score (nSPS) is 20.3. The van der Waals surface area contributed by atoms with Crippen LogP contribution in [-0.2, 0) is 27.1 Å². The molecule has 1 amide bonds. The molecule has 204 valence electrons. The molecule has 0 unspecified atom stereocenters. The maximum Gasteiger partial charge on any atom is 0.417 e. The Bertz CT molecular complexity index is 1030. The van der Waals surface area contributed by atoms with Crippen LogP contribution in [0.3, 0.4) is 0 Å². The van der Waals surface area contributed by atoms with Gasteiger partial charge < -0.3 is 10.1 Å². The first kappa shape index (κ1) is 28.7. The van der Waals surface area contributed by atoms with E-state index in [-0.39, 0.29) is 31.5 Å². The Labute approximate surface area is 205 Å². The highest BCUT2D eigenvalue weighted by molar-refractivity contribution is 7.89. The molecular formula is C22H29F6N3O4S. The molecule has 3 rings (SSSR count). The van der Waals surface area contributed by atoms with Gasteiger partial charge in [-0.15, -0.1) is 0 Å². The number of hydrogen-bond donors (Lipinski definition) is 1. The van der Waals surface area contributed by atoms with Crippen molar-refractivity contribution < 1.29 is 44.3 Å². The molecule has 7 nitrogen and oxygen atoms in total. The molecule has 36 heavy (non-hydrogen) atoms. The van der Waals surface area contributed by atoms with Crippen LogP contribution in [0.5, 0.6) is 0 Å². The first-order valence-electron chi connectivity index (χ1n) is 11.6. The number of alkyl halides is 6. The number of sulfonamides is 1. The van der Waals surface area contributed by atoms with Crippen LogP contribution < -0.4 is 5.32 Å². The number of ether oxygens (including phenoxy) is 1. The van der Waals surface area contributed by atoms with Gasteiger partial charge in [-0.3, -0.25) is 9.69 Å². The third-order valence-electron chi connectivity index (χ3n) is 6.66. The number of benzene rings is 1. The zero-order chi connectivity index (χ0) is 26.8. The molecule has 0 spiro atoms. The van der Waals surface area contributed by atoms with Crippen molar-refractivity contribution in [2.24, 2.45) is 0 Å². The molecule has 1 aromatic rings. The number of rotatable bonds is 7. The van der Waals surface area contributed by atoms with Crippen LogP contribution in [0.1, 0.15) is 47.7 Å². The van der Waals surface area contributed by atoms with Crippen LogP contribution in [0.4, 0.5) is 26.3 Å². The zero-order valence-corrected chi connectivity index (χ0v) is 20.5. The molecule has 0 bridgehead atoms. The molecule has 2 fully saturated rings. The summed E-state index contributed by atoms with van der Waals surface area (Å²) in [5.41, 5.74) is -4.74. The van der Waals surface area contributed by atoms with Gasteiger partial charge in [-0.05, 0) is 37.5 Å². The average molecular weight is 546 g/mol. The molecule has 0 aliphatic carbocycles. The van der Waals surface area contributed by atoms with Crippen LogP contribution in [0.15, 0.2) is 18.2 Å². The average Bonchev–Trinajstić information content (AvgIpc) is 2.82. The Morgan fingerprint density at radius 2 is 1.64 bits per heavy atom. The van der Waals surface area contributed by atoms with Gasteiger partial charge in [-0.1, -0.05) is 6.92 Å². The summed E-state index contributed by atoms with van der Waals surface area (Å²) in [6, 6.07) is 0.925. The van der Waals surface area contributed by atoms with Gasteiger partial charge in [0.25, 0.3) is 5.91 Å². The van der Waals surface area contributed by atoms with E-state index in [0.29, 0.717) is 57.7 Å². The fraction of sp³-hybridized carbons (Fsp3) is 0.682. The maximum absolute atomic E-state index is 13.5. The molecular weight excluding hydrogens is 516 g/mol. The van der Waals surface area contributed by atoms with E-state index in [1.807, 2.05) is 4.90 Å². The second kappa shape index (κ2) is 10.8. The molecule has 2 saturated heterocycles. The van der Waals surface area contributed by atoms with E-state index in [4.69, 9.17) is 4.74 Å². The van der Waals surface area contributed by atoms with Gasteiger partial charge in [0, 0.05) is 51.5 Å². The van der Waals surface area contributed by atoms with E-state index < -0.39 is 50.5 Å². The number of piperazine rings is 1. The summed E-state index contributed by atoms with van der Waals surface area (Å²) in [5, 5.41) is 2.49. The standard InChI is InChI=1S/C22H29F6N3O4S/c1-2-13-36(33,34)31-9-7-30(8-10-31)20(5-11-35-12-6-20)15-29-19(32)17-4-3-16(21(23,24)25)14-18(17)22(26,27)28/h3-4,14H,2,5-13,15H2,1H3,(H,29,32). The van der Waals surface area contributed by atoms with E-state index in [1.54, 1.807) is 6.92 Å². The van der Waals surface area contributed by atoms with E-state index in [0.717, 1.165) is 0 Å². The Hall–Kier alpha value is -1.90. The SMILES string of the molecule is CCCS(=O)(=O)N1CCN(C2(CNC(=O)c3ccc(C(F)(F)F)cc3C(F)(F)F)CCOCC2)CC1. The first-order valence-corrected chi connectivity index (χ1v) is 13.2. The molecule has 0 radical (unpaired) electrons. The third-order valence-corrected chi connectivity index (χ3v) is 8.74. The summed E-state index contributed by atoms with van der Waals surface area (Å²) in [7, 11) is -3.38. The summed E-state index contributed by atoms with van der Waals surface area (Å²) in [5.74, 6) is -1.09. The monoisotopic (exact) mass is 545 g/mol. The van der Waals surface area contributed by atoms with E-state index in [9.17, 15) is 39.6 Å². The lowest BCUT2D eigenvalue weighted by atomic mass is 9.87. The lowest BCUT2D eigenvalue weighted by Crippen LogP contribution is -2.63. The molecule has 0 aromatic heterocycles.